The molecule has 1 aliphatic rings. The van der Waals surface area contributed by atoms with Crippen molar-refractivity contribution in [3.05, 3.63) is 60.7 Å². The molecule has 0 saturated carbocycles. The number of unbranched alkanes of at least 4 members (excludes halogenated alkanes) is 1. The number of Topliss-reactive ketones (excluding diaryl/α,β-unsaturated/α-hetero) is 1. The molecule has 3 rings (SSSR count). The van der Waals surface area contributed by atoms with E-state index in [1.165, 1.54) is 17.3 Å². The second-order valence-corrected chi connectivity index (χ2v) is 15.5. The van der Waals surface area contributed by atoms with Crippen molar-refractivity contribution in [3.63, 3.8) is 0 Å². The van der Waals surface area contributed by atoms with Gasteiger partial charge >= 0.3 is 0 Å². The number of carbonyl (C=O) groups is 1. The first-order valence-corrected chi connectivity index (χ1v) is 15.0. The van der Waals surface area contributed by atoms with E-state index in [9.17, 15) is 4.79 Å². The van der Waals surface area contributed by atoms with Crippen molar-refractivity contribution < 1.29 is 18.7 Å². The fourth-order valence-electron chi connectivity index (χ4n) is 5.28. The van der Waals surface area contributed by atoms with Gasteiger partial charge in [-0.25, -0.2) is 0 Å². The second kappa shape index (κ2) is 12.3. The van der Waals surface area contributed by atoms with E-state index >= 15 is 0 Å². The lowest BCUT2D eigenvalue weighted by atomic mass is 10.0. The van der Waals surface area contributed by atoms with Gasteiger partial charge in [0.05, 0.1) is 12.2 Å². The minimum Gasteiger partial charge on any atom is -0.407 e. The molecule has 36 heavy (non-hydrogen) atoms. The molecule has 4 nitrogen and oxygen atoms in total. The van der Waals surface area contributed by atoms with Crippen LogP contribution in [0.1, 0.15) is 73.6 Å². The van der Waals surface area contributed by atoms with E-state index in [0.717, 1.165) is 25.7 Å². The molecule has 0 spiro atoms. The molecule has 1 saturated heterocycles. The molecular weight excluding hydrogens is 464 g/mol. The summed E-state index contributed by atoms with van der Waals surface area (Å²) in [6.45, 7) is 13.0. The van der Waals surface area contributed by atoms with Crippen LogP contribution in [0.5, 0.6) is 0 Å². The Morgan fingerprint density at radius 3 is 2.00 bits per heavy atom. The quantitative estimate of drug-likeness (QED) is 0.191. The van der Waals surface area contributed by atoms with Crippen molar-refractivity contribution in [2.24, 2.45) is 0 Å². The van der Waals surface area contributed by atoms with Gasteiger partial charge in [-0.2, -0.15) is 0 Å². The smallest absolute Gasteiger partial charge is 0.261 e. The van der Waals surface area contributed by atoms with Crippen LogP contribution < -0.4 is 10.4 Å². The van der Waals surface area contributed by atoms with E-state index in [2.05, 4.69) is 93.3 Å². The molecule has 194 valence electrons. The lowest BCUT2D eigenvalue weighted by Gasteiger charge is -2.44. The Hall–Kier alpha value is -2.23. The molecule has 2 aromatic rings. The summed E-state index contributed by atoms with van der Waals surface area (Å²) in [5.74, 6) is 4.86. The number of carbonyl (C=O) groups excluding carboxylic acids is 1. The molecule has 1 heterocycles. The predicted octanol–water partition coefficient (Wildman–Crippen LogP) is 5.63. The van der Waals surface area contributed by atoms with Crippen molar-refractivity contribution >= 4 is 24.5 Å². The summed E-state index contributed by atoms with van der Waals surface area (Å²) in [5, 5.41) is 2.54. The highest BCUT2D eigenvalue weighted by Crippen LogP contribution is 2.37. The third kappa shape index (κ3) is 7.40. The third-order valence-corrected chi connectivity index (χ3v) is 11.7. The number of hydrogen-bond donors (Lipinski definition) is 0. The van der Waals surface area contributed by atoms with Gasteiger partial charge < -0.3 is 13.9 Å². The molecule has 0 aliphatic carbocycles. The summed E-state index contributed by atoms with van der Waals surface area (Å²) in [6, 6.07) is 21.5. The van der Waals surface area contributed by atoms with Gasteiger partial charge in [-0.15, -0.1) is 0 Å². The van der Waals surface area contributed by atoms with Gasteiger partial charge in [0.2, 0.25) is 5.78 Å². The van der Waals surface area contributed by atoms with Gasteiger partial charge in [-0.05, 0) is 54.4 Å². The van der Waals surface area contributed by atoms with Crippen LogP contribution in [0.3, 0.4) is 0 Å². The molecule has 5 heteroatoms. The van der Waals surface area contributed by atoms with Gasteiger partial charge in [0, 0.05) is 26.4 Å². The molecule has 0 radical (unpaired) electrons. The van der Waals surface area contributed by atoms with E-state index in [-0.39, 0.29) is 23.0 Å². The Morgan fingerprint density at radius 2 is 1.50 bits per heavy atom. The summed E-state index contributed by atoms with van der Waals surface area (Å²) in [5.41, 5.74) is 0. The highest BCUT2D eigenvalue weighted by molar-refractivity contribution is 6.99. The molecular formula is C31H42O4Si. The standard InChI is InChI=1S/C31H42O4Si/c1-25(32)16-10-7-11-17-26-24-27(35-31(5,6)34-26)22-23-33-36(30(2,3)4,28-18-12-8-13-19-28)29-20-14-9-15-21-29/h8-9,12-15,18-21,26-27H,7,11,17,22-24H2,1-6H3/t26-,27-/m0/s1. The molecule has 2 aromatic carbocycles. The van der Waals surface area contributed by atoms with Crippen LogP contribution in [0.4, 0.5) is 0 Å². The fraction of sp³-hybridized carbons (Fsp3) is 0.516. The summed E-state index contributed by atoms with van der Waals surface area (Å²) >= 11 is 0. The second-order valence-electron chi connectivity index (χ2n) is 11.2. The van der Waals surface area contributed by atoms with E-state index in [1.807, 2.05) is 13.8 Å². The lowest BCUT2D eigenvalue weighted by molar-refractivity contribution is -0.301. The largest absolute Gasteiger partial charge is 0.407 e. The minimum atomic E-state index is -2.56. The first-order valence-electron chi connectivity index (χ1n) is 13.1. The SMILES string of the molecule is CC(=O)C#CCCC[C@H]1C[C@H](CCO[Si](c2ccccc2)(c2ccccc2)C(C)(C)C)OC(C)(C)O1. The molecule has 0 bridgehead atoms. The molecule has 2 atom stereocenters. The molecule has 0 N–H and O–H groups in total. The number of ketones is 1. The molecule has 1 aliphatic heterocycles. The Balaban J connectivity index is 1.73. The van der Waals surface area contributed by atoms with E-state index in [0.29, 0.717) is 13.0 Å². The maximum absolute atomic E-state index is 11.0. The lowest BCUT2D eigenvalue weighted by Crippen LogP contribution is -2.66. The zero-order valence-electron chi connectivity index (χ0n) is 22.8. The Kier molecular flexibility index (Phi) is 9.71. The van der Waals surface area contributed by atoms with Crippen LogP contribution in [0.2, 0.25) is 5.04 Å². The number of ether oxygens (including phenoxy) is 2. The van der Waals surface area contributed by atoms with Crippen molar-refractivity contribution in [2.75, 3.05) is 6.61 Å². The van der Waals surface area contributed by atoms with Crippen LogP contribution in [-0.4, -0.2) is 38.7 Å². The van der Waals surface area contributed by atoms with E-state index in [4.69, 9.17) is 13.9 Å². The van der Waals surface area contributed by atoms with Crippen molar-refractivity contribution in [2.45, 2.75) is 96.7 Å². The molecule has 1 fully saturated rings. The van der Waals surface area contributed by atoms with E-state index in [1.54, 1.807) is 0 Å². The zero-order valence-corrected chi connectivity index (χ0v) is 23.8. The average Bonchev–Trinajstić information content (AvgIpc) is 2.81. The minimum absolute atomic E-state index is 0.0467. The number of benzene rings is 2. The highest BCUT2D eigenvalue weighted by Gasteiger charge is 2.50. The average molecular weight is 507 g/mol. The summed E-state index contributed by atoms with van der Waals surface area (Å²) in [6.07, 6.45) is 4.37. The van der Waals surface area contributed by atoms with Crippen LogP contribution in [0, 0.1) is 11.8 Å². The van der Waals surface area contributed by atoms with Crippen molar-refractivity contribution in [3.8, 4) is 11.8 Å². The van der Waals surface area contributed by atoms with Gasteiger partial charge in [0.15, 0.2) is 5.79 Å². The summed E-state index contributed by atoms with van der Waals surface area (Å²) in [4.78, 5) is 11.0. The van der Waals surface area contributed by atoms with Gasteiger partial charge in [-0.1, -0.05) is 87.4 Å². The van der Waals surface area contributed by atoms with Crippen molar-refractivity contribution in [1.29, 1.82) is 0 Å². The van der Waals surface area contributed by atoms with Crippen molar-refractivity contribution in [1.82, 2.24) is 0 Å². The Morgan fingerprint density at radius 1 is 0.972 bits per heavy atom. The molecule has 0 unspecified atom stereocenters. The zero-order chi connectivity index (χ0) is 26.2. The molecule has 0 amide bonds. The van der Waals surface area contributed by atoms with Crippen LogP contribution in [0.25, 0.3) is 0 Å². The fourth-order valence-corrected chi connectivity index (χ4v) is 9.86. The monoisotopic (exact) mass is 506 g/mol. The highest BCUT2D eigenvalue weighted by atomic mass is 28.4. The van der Waals surface area contributed by atoms with Crippen LogP contribution in [0.15, 0.2) is 60.7 Å². The normalized spacial score (nSPS) is 19.8. The third-order valence-electron chi connectivity index (χ3n) is 6.69. The predicted molar refractivity (Wildman–Crippen MR) is 149 cm³/mol. The summed E-state index contributed by atoms with van der Waals surface area (Å²) in [7, 11) is -2.56. The number of rotatable bonds is 9. The Bertz CT molecular complexity index is 991. The summed E-state index contributed by atoms with van der Waals surface area (Å²) < 4.78 is 19.6. The molecule has 0 aromatic heterocycles. The van der Waals surface area contributed by atoms with E-state index < -0.39 is 14.1 Å². The van der Waals surface area contributed by atoms with Gasteiger partial charge in [-0.3, -0.25) is 4.79 Å². The topological polar surface area (TPSA) is 44.8 Å². The van der Waals surface area contributed by atoms with Crippen LogP contribution in [-0.2, 0) is 18.7 Å². The Labute approximate surface area is 218 Å². The van der Waals surface area contributed by atoms with Gasteiger partial charge in [0.25, 0.3) is 8.32 Å². The first kappa shape index (κ1) is 28.3. The maximum Gasteiger partial charge on any atom is 0.261 e. The van der Waals surface area contributed by atoms with Crippen LogP contribution >= 0.6 is 0 Å². The first-order chi connectivity index (χ1) is 17.0. The van der Waals surface area contributed by atoms with Gasteiger partial charge in [0.1, 0.15) is 0 Å². The number of hydrogen-bond acceptors (Lipinski definition) is 4. The maximum atomic E-state index is 11.0.